The van der Waals surface area contributed by atoms with Gasteiger partial charge in [0.25, 0.3) is 5.28 Å². The average molecular weight is 148 g/mol. The largest absolute Gasteiger partial charge is 0.338 e. The van der Waals surface area contributed by atoms with E-state index in [1.54, 1.807) is 0 Å². The standard InChI is InChI=1S/C4H6ClN3O/c5-4-7-3(1-2-6)9-8-4/h1-2,6H2. The number of rotatable bonds is 2. The van der Waals surface area contributed by atoms with E-state index in [0.717, 1.165) is 0 Å². The van der Waals surface area contributed by atoms with Crippen LogP contribution >= 0.6 is 11.6 Å². The number of hydrogen-bond donors (Lipinski definition) is 1. The Morgan fingerprint density at radius 2 is 2.44 bits per heavy atom. The molecule has 2 N–H and O–H groups in total. The Morgan fingerprint density at radius 3 is 2.89 bits per heavy atom. The molecule has 1 aromatic rings. The van der Waals surface area contributed by atoms with E-state index in [9.17, 15) is 0 Å². The Labute approximate surface area is 57.0 Å². The Bertz CT molecular complexity index is 188. The molecule has 50 valence electrons. The number of halogens is 1. The van der Waals surface area contributed by atoms with Gasteiger partial charge in [-0.25, -0.2) is 0 Å². The second-order valence-electron chi connectivity index (χ2n) is 1.50. The first-order valence-corrected chi connectivity index (χ1v) is 2.89. The van der Waals surface area contributed by atoms with E-state index in [0.29, 0.717) is 18.9 Å². The summed E-state index contributed by atoms with van der Waals surface area (Å²) in [6.07, 6.45) is 0.583. The van der Waals surface area contributed by atoms with Crippen LogP contribution in [0, 0.1) is 0 Å². The van der Waals surface area contributed by atoms with Crippen LogP contribution in [-0.2, 0) is 6.42 Å². The monoisotopic (exact) mass is 147 g/mol. The summed E-state index contributed by atoms with van der Waals surface area (Å²) < 4.78 is 4.63. The van der Waals surface area contributed by atoms with Crippen LogP contribution in [0.1, 0.15) is 5.89 Å². The summed E-state index contributed by atoms with van der Waals surface area (Å²) in [7, 11) is 0. The van der Waals surface area contributed by atoms with Gasteiger partial charge in [0.1, 0.15) is 0 Å². The lowest BCUT2D eigenvalue weighted by molar-refractivity contribution is 0.379. The van der Waals surface area contributed by atoms with Crippen molar-refractivity contribution < 1.29 is 4.52 Å². The molecule has 5 heteroatoms. The van der Waals surface area contributed by atoms with Gasteiger partial charge in [-0.05, 0) is 16.8 Å². The highest BCUT2D eigenvalue weighted by Gasteiger charge is 1.99. The van der Waals surface area contributed by atoms with Gasteiger partial charge in [-0.2, -0.15) is 4.98 Å². The van der Waals surface area contributed by atoms with E-state index in [2.05, 4.69) is 14.7 Å². The van der Waals surface area contributed by atoms with Crippen LogP contribution in [-0.4, -0.2) is 16.7 Å². The van der Waals surface area contributed by atoms with Crippen molar-refractivity contribution in [1.82, 2.24) is 10.1 Å². The molecule has 1 aromatic heterocycles. The zero-order valence-electron chi connectivity index (χ0n) is 4.67. The Morgan fingerprint density at radius 1 is 1.67 bits per heavy atom. The second-order valence-corrected chi connectivity index (χ2v) is 1.83. The summed E-state index contributed by atoms with van der Waals surface area (Å²) >= 11 is 5.34. The van der Waals surface area contributed by atoms with Crippen LogP contribution in [0.2, 0.25) is 5.28 Å². The zero-order chi connectivity index (χ0) is 6.69. The molecule has 0 radical (unpaired) electrons. The second kappa shape index (κ2) is 2.80. The van der Waals surface area contributed by atoms with E-state index in [1.165, 1.54) is 0 Å². The summed E-state index contributed by atoms with van der Waals surface area (Å²) in [5.41, 5.74) is 5.20. The smallest absolute Gasteiger partial charge is 0.263 e. The van der Waals surface area contributed by atoms with Gasteiger partial charge in [0.15, 0.2) is 0 Å². The molecule has 0 saturated heterocycles. The molecule has 9 heavy (non-hydrogen) atoms. The third kappa shape index (κ3) is 1.65. The average Bonchev–Trinajstić information content (AvgIpc) is 2.17. The van der Waals surface area contributed by atoms with Crippen molar-refractivity contribution in [3.63, 3.8) is 0 Å². The molecular formula is C4H6ClN3O. The fourth-order valence-electron chi connectivity index (χ4n) is 0.459. The molecule has 4 nitrogen and oxygen atoms in total. The Balaban J connectivity index is 2.61. The molecule has 0 aliphatic carbocycles. The van der Waals surface area contributed by atoms with Gasteiger partial charge in [-0.15, -0.1) is 0 Å². The minimum absolute atomic E-state index is 0.137. The van der Waals surface area contributed by atoms with Gasteiger partial charge in [0.2, 0.25) is 5.89 Å². The molecule has 0 aliphatic rings. The van der Waals surface area contributed by atoms with Gasteiger partial charge in [0.05, 0.1) is 0 Å². The van der Waals surface area contributed by atoms with Crippen LogP contribution in [0.25, 0.3) is 0 Å². The third-order valence-corrected chi connectivity index (χ3v) is 0.955. The summed E-state index contributed by atoms with van der Waals surface area (Å²) in [5.74, 6) is 0.488. The fraction of sp³-hybridized carbons (Fsp3) is 0.500. The third-order valence-electron chi connectivity index (χ3n) is 0.802. The van der Waals surface area contributed by atoms with Crippen molar-refractivity contribution in [2.24, 2.45) is 5.73 Å². The minimum Gasteiger partial charge on any atom is -0.338 e. The van der Waals surface area contributed by atoms with Crippen molar-refractivity contribution in [3.05, 3.63) is 11.2 Å². The molecule has 0 amide bonds. The normalized spacial score (nSPS) is 10.0. The maximum Gasteiger partial charge on any atom is 0.263 e. The number of nitrogens with zero attached hydrogens (tertiary/aromatic N) is 2. The van der Waals surface area contributed by atoms with E-state index in [1.807, 2.05) is 0 Å². The summed E-state index contributed by atoms with van der Waals surface area (Å²) in [4.78, 5) is 3.71. The summed E-state index contributed by atoms with van der Waals surface area (Å²) in [6.45, 7) is 0.499. The van der Waals surface area contributed by atoms with Crippen LogP contribution < -0.4 is 5.73 Å². The number of hydrogen-bond acceptors (Lipinski definition) is 4. The van der Waals surface area contributed by atoms with Crippen LogP contribution in [0.15, 0.2) is 4.52 Å². The van der Waals surface area contributed by atoms with Gasteiger partial charge < -0.3 is 10.3 Å². The lowest BCUT2D eigenvalue weighted by Gasteiger charge is -1.82. The molecule has 0 atom stereocenters. The van der Waals surface area contributed by atoms with Crippen LogP contribution in [0.4, 0.5) is 0 Å². The quantitative estimate of drug-likeness (QED) is 0.650. The molecule has 0 unspecified atom stereocenters. The predicted octanol–water partition coefficient (Wildman–Crippen LogP) is 0.224. The van der Waals surface area contributed by atoms with E-state index in [-0.39, 0.29) is 5.28 Å². The topological polar surface area (TPSA) is 64.9 Å². The molecule has 1 rings (SSSR count). The minimum atomic E-state index is 0.137. The molecule has 0 aliphatic heterocycles. The zero-order valence-corrected chi connectivity index (χ0v) is 5.43. The first kappa shape index (κ1) is 6.51. The first-order chi connectivity index (χ1) is 4.33. The molecule has 0 aromatic carbocycles. The predicted molar refractivity (Wildman–Crippen MR) is 32.1 cm³/mol. The van der Waals surface area contributed by atoms with Gasteiger partial charge in [-0.1, -0.05) is 0 Å². The van der Waals surface area contributed by atoms with E-state index >= 15 is 0 Å². The van der Waals surface area contributed by atoms with Crippen LogP contribution in [0.3, 0.4) is 0 Å². The van der Waals surface area contributed by atoms with Gasteiger partial charge >= 0.3 is 0 Å². The highest BCUT2D eigenvalue weighted by atomic mass is 35.5. The van der Waals surface area contributed by atoms with Crippen molar-refractivity contribution in [3.8, 4) is 0 Å². The lowest BCUT2D eigenvalue weighted by atomic mass is 10.4. The summed E-state index contributed by atoms with van der Waals surface area (Å²) in [6, 6.07) is 0. The first-order valence-electron chi connectivity index (χ1n) is 2.51. The van der Waals surface area contributed by atoms with Gasteiger partial charge in [0, 0.05) is 13.0 Å². The van der Waals surface area contributed by atoms with Crippen molar-refractivity contribution in [1.29, 1.82) is 0 Å². The van der Waals surface area contributed by atoms with E-state index in [4.69, 9.17) is 17.3 Å². The van der Waals surface area contributed by atoms with E-state index < -0.39 is 0 Å². The maximum atomic E-state index is 5.34. The fourth-order valence-corrected chi connectivity index (χ4v) is 0.588. The van der Waals surface area contributed by atoms with Crippen molar-refractivity contribution >= 4 is 11.6 Å². The highest BCUT2D eigenvalue weighted by Crippen LogP contribution is 2.01. The lowest BCUT2D eigenvalue weighted by Crippen LogP contribution is -2.02. The summed E-state index contributed by atoms with van der Waals surface area (Å²) in [5, 5.41) is 3.50. The molecular weight excluding hydrogens is 142 g/mol. The molecule has 0 fully saturated rings. The highest BCUT2D eigenvalue weighted by molar-refractivity contribution is 6.28. The van der Waals surface area contributed by atoms with Gasteiger partial charge in [-0.3, -0.25) is 0 Å². The number of nitrogens with two attached hydrogens (primary N) is 1. The molecule has 0 bridgehead atoms. The maximum absolute atomic E-state index is 5.34. The molecule has 1 heterocycles. The Hall–Kier alpha value is -0.610. The SMILES string of the molecule is NCCc1nc(Cl)no1. The Kier molecular flexibility index (Phi) is 2.02. The molecule has 0 spiro atoms. The molecule has 0 saturated carbocycles. The van der Waals surface area contributed by atoms with Crippen molar-refractivity contribution in [2.45, 2.75) is 6.42 Å². The number of aromatic nitrogens is 2. The van der Waals surface area contributed by atoms with Crippen molar-refractivity contribution in [2.75, 3.05) is 6.54 Å². The van der Waals surface area contributed by atoms with Crippen LogP contribution in [0.5, 0.6) is 0 Å².